The minimum Gasteiger partial charge on any atom is -0.355 e. The van der Waals surface area contributed by atoms with Crippen LogP contribution in [0.3, 0.4) is 0 Å². The molecule has 1 aliphatic carbocycles. The molecule has 0 unspecified atom stereocenters. The van der Waals surface area contributed by atoms with Crippen molar-refractivity contribution in [1.29, 1.82) is 0 Å². The zero-order valence-electron chi connectivity index (χ0n) is 16.0. The van der Waals surface area contributed by atoms with Crippen LogP contribution < -0.4 is 5.32 Å². The number of rotatable bonds is 6. The van der Waals surface area contributed by atoms with E-state index in [9.17, 15) is 4.79 Å². The average Bonchev–Trinajstić information content (AvgIpc) is 2.72. The zero-order chi connectivity index (χ0) is 20.2. The predicted molar refractivity (Wildman–Crippen MR) is 122 cm³/mol. The maximum atomic E-state index is 12.4. The Morgan fingerprint density at radius 3 is 2.62 bits per heavy atom. The van der Waals surface area contributed by atoms with Gasteiger partial charge < -0.3 is 5.32 Å². The average molecular weight is 445 g/mol. The van der Waals surface area contributed by atoms with Gasteiger partial charge in [0.05, 0.1) is 11.3 Å². The molecule has 2 aromatic carbocycles. The maximum absolute atomic E-state index is 12.4. The van der Waals surface area contributed by atoms with Crippen molar-refractivity contribution in [2.45, 2.75) is 37.0 Å². The molecule has 1 aliphatic rings. The van der Waals surface area contributed by atoms with Crippen molar-refractivity contribution in [2.24, 2.45) is 0 Å². The fraction of sp³-hybridized carbons (Fsp3) is 0.304. The molecule has 1 N–H and O–H groups in total. The second-order valence-corrected chi connectivity index (χ2v) is 9.11. The fourth-order valence-corrected chi connectivity index (χ4v) is 5.10. The van der Waals surface area contributed by atoms with Crippen LogP contribution in [0.2, 0.25) is 10.0 Å². The van der Waals surface area contributed by atoms with Crippen LogP contribution in [0.5, 0.6) is 0 Å². The molecule has 1 amide bonds. The Kier molecular flexibility index (Phi) is 6.63. The summed E-state index contributed by atoms with van der Waals surface area (Å²) in [7, 11) is 0. The molecule has 150 valence electrons. The number of carbonyl (C=O) groups excluding carboxylic acids is 1. The summed E-state index contributed by atoms with van der Waals surface area (Å²) in [6.07, 6.45) is 5.16. The molecule has 1 aromatic heterocycles. The van der Waals surface area contributed by atoms with E-state index in [2.05, 4.69) is 5.32 Å². The minimum atomic E-state index is 0.0486. The molecular formula is C23H22Cl2N2OS. The standard InChI is InChI=1S/C23H22Cl2N2OS/c24-16-7-5-15(6-8-16)11-12-26-22(28)14-29-23-18-3-1-2-4-20(18)27-21-13-17(25)9-10-19(21)23/h5-10,13H,1-4,11-12,14H2,(H,26,28). The summed E-state index contributed by atoms with van der Waals surface area (Å²) in [6.45, 7) is 0.617. The van der Waals surface area contributed by atoms with Crippen LogP contribution >= 0.6 is 35.0 Å². The highest BCUT2D eigenvalue weighted by molar-refractivity contribution is 8.00. The number of benzene rings is 2. The number of hydrogen-bond acceptors (Lipinski definition) is 3. The van der Waals surface area contributed by atoms with Gasteiger partial charge in [-0.15, -0.1) is 11.8 Å². The lowest BCUT2D eigenvalue weighted by Crippen LogP contribution is -2.27. The molecule has 1 heterocycles. The zero-order valence-corrected chi connectivity index (χ0v) is 18.3. The number of aryl methyl sites for hydroxylation is 1. The van der Waals surface area contributed by atoms with Crippen molar-refractivity contribution in [2.75, 3.05) is 12.3 Å². The Labute approximate surface area is 185 Å². The molecular weight excluding hydrogens is 423 g/mol. The van der Waals surface area contributed by atoms with Gasteiger partial charge in [-0.2, -0.15) is 0 Å². The molecule has 0 atom stereocenters. The summed E-state index contributed by atoms with van der Waals surface area (Å²) in [5.41, 5.74) is 4.55. The summed E-state index contributed by atoms with van der Waals surface area (Å²) in [5, 5.41) is 5.53. The summed E-state index contributed by atoms with van der Waals surface area (Å²) in [4.78, 5) is 18.5. The van der Waals surface area contributed by atoms with Gasteiger partial charge in [-0.05, 0) is 67.5 Å². The summed E-state index contributed by atoms with van der Waals surface area (Å²) in [5.74, 6) is 0.446. The second kappa shape index (κ2) is 9.38. The van der Waals surface area contributed by atoms with Crippen molar-refractivity contribution in [1.82, 2.24) is 10.3 Å². The van der Waals surface area contributed by atoms with Gasteiger partial charge in [0, 0.05) is 32.6 Å². The number of nitrogens with zero attached hydrogens (tertiary/aromatic N) is 1. The highest BCUT2D eigenvalue weighted by Crippen LogP contribution is 2.36. The lowest BCUT2D eigenvalue weighted by molar-refractivity contribution is -0.118. The van der Waals surface area contributed by atoms with Crippen molar-refractivity contribution < 1.29 is 4.79 Å². The number of pyridine rings is 1. The Morgan fingerprint density at radius 2 is 1.79 bits per heavy atom. The van der Waals surface area contributed by atoms with E-state index in [1.165, 1.54) is 23.3 Å². The van der Waals surface area contributed by atoms with Crippen molar-refractivity contribution >= 4 is 51.8 Å². The molecule has 3 aromatic rings. The molecule has 6 heteroatoms. The Hall–Kier alpha value is -1.75. The van der Waals surface area contributed by atoms with Gasteiger partial charge in [0.25, 0.3) is 0 Å². The third-order valence-corrected chi connectivity index (χ3v) is 6.82. The van der Waals surface area contributed by atoms with Gasteiger partial charge in [-0.25, -0.2) is 0 Å². The van der Waals surface area contributed by atoms with E-state index in [1.54, 1.807) is 11.8 Å². The van der Waals surface area contributed by atoms with Crippen LogP contribution in [0.4, 0.5) is 0 Å². The van der Waals surface area contributed by atoms with Crippen LogP contribution in [0.15, 0.2) is 47.4 Å². The van der Waals surface area contributed by atoms with E-state index in [-0.39, 0.29) is 5.91 Å². The number of halogens is 2. The highest BCUT2D eigenvalue weighted by Gasteiger charge is 2.19. The largest absolute Gasteiger partial charge is 0.355 e. The van der Waals surface area contributed by atoms with Gasteiger partial charge in [0.15, 0.2) is 0 Å². The molecule has 4 rings (SSSR count). The molecule has 29 heavy (non-hydrogen) atoms. The quantitative estimate of drug-likeness (QED) is 0.483. The summed E-state index contributed by atoms with van der Waals surface area (Å²) in [6, 6.07) is 13.6. The smallest absolute Gasteiger partial charge is 0.230 e. The van der Waals surface area contributed by atoms with E-state index >= 15 is 0 Å². The van der Waals surface area contributed by atoms with Crippen LogP contribution in [0, 0.1) is 0 Å². The van der Waals surface area contributed by atoms with Gasteiger partial charge in [0.2, 0.25) is 5.91 Å². The number of thioether (sulfide) groups is 1. The van der Waals surface area contributed by atoms with E-state index in [0.29, 0.717) is 17.3 Å². The molecule has 0 bridgehead atoms. The first-order valence-corrected chi connectivity index (χ1v) is 11.6. The minimum absolute atomic E-state index is 0.0486. The van der Waals surface area contributed by atoms with Gasteiger partial charge in [-0.1, -0.05) is 41.4 Å². The molecule has 0 fully saturated rings. The maximum Gasteiger partial charge on any atom is 0.230 e. The monoisotopic (exact) mass is 444 g/mol. The summed E-state index contributed by atoms with van der Waals surface area (Å²) >= 11 is 13.7. The predicted octanol–water partition coefficient (Wildman–Crippen LogP) is 5.87. The SMILES string of the molecule is O=C(CSc1c2c(nc3cc(Cl)ccc13)CCCC2)NCCc1ccc(Cl)cc1. The first-order chi connectivity index (χ1) is 14.1. The van der Waals surface area contributed by atoms with Gasteiger partial charge >= 0.3 is 0 Å². The number of nitrogens with one attached hydrogen (secondary N) is 1. The van der Waals surface area contributed by atoms with Crippen LogP contribution in [-0.2, 0) is 24.1 Å². The first-order valence-electron chi connectivity index (χ1n) is 9.85. The van der Waals surface area contributed by atoms with E-state index < -0.39 is 0 Å². The van der Waals surface area contributed by atoms with Gasteiger partial charge in [0.1, 0.15) is 0 Å². The van der Waals surface area contributed by atoms with E-state index in [4.69, 9.17) is 28.2 Å². The molecule has 0 radical (unpaired) electrons. The third-order valence-electron chi connectivity index (χ3n) is 5.17. The van der Waals surface area contributed by atoms with Gasteiger partial charge in [-0.3, -0.25) is 9.78 Å². The third kappa shape index (κ3) is 5.06. The van der Waals surface area contributed by atoms with Crippen molar-refractivity contribution in [3.05, 3.63) is 69.3 Å². The second-order valence-electron chi connectivity index (χ2n) is 7.25. The van der Waals surface area contributed by atoms with Crippen molar-refractivity contribution in [3.63, 3.8) is 0 Å². The fourth-order valence-electron chi connectivity index (χ4n) is 3.71. The number of hydrogen-bond donors (Lipinski definition) is 1. The highest BCUT2D eigenvalue weighted by atomic mass is 35.5. The van der Waals surface area contributed by atoms with Crippen LogP contribution in [0.25, 0.3) is 10.9 Å². The number of fused-ring (bicyclic) bond motifs is 2. The normalized spacial score (nSPS) is 13.3. The van der Waals surface area contributed by atoms with Crippen molar-refractivity contribution in [3.8, 4) is 0 Å². The van der Waals surface area contributed by atoms with Crippen LogP contribution in [0.1, 0.15) is 29.7 Å². The molecule has 0 aliphatic heterocycles. The number of carbonyl (C=O) groups is 1. The topological polar surface area (TPSA) is 42.0 Å². The lowest BCUT2D eigenvalue weighted by Gasteiger charge is -2.20. The Bertz CT molecular complexity index is 1040. The first kappa shape index (κ1) is 20.5. The van der Waals surface area contributed by atoms with Crippen LogP contribution in [-0.4, -0.2) is 23.2 Å². The molecule has 0 spiro atoms. The molecule has 3 nitrogen and oxygen atoms in total. The number of aromatic nitrogens is 1. The molecule has 0 saturated heterocycles. The van der Waals surface area contributed by atoms with E-state index in [1.807, 2.05) is 42.5 Å². The Morgan fingerprint density at radius 1 is 1.03 bits per heavy atom. The number of amides is 1. The Balaban J connectivity index is 1.43. The van der Waals surface area contributed by atoms with E-state index in [0.717, 1.165) is 46.4 Å². The molecule has 0 saturated carbocycles. The lowest BCUT2D eigenvalue weighted by atomic mass is 9.94. The summed E-state index contributed by atoms with van der Waals surface area (Å²) < 4.78 is 0.